The fourth-order valence-corrected chi connectivity index (χ4v) is 2.76. The zero-order chi connectivity index (χ0) is 13.9. The SMILES string of the molecule is CC(C)(C)OC(=O)N1CCC(N2CCCNCC2)C1. The first-order valence-electron chi connectivity index (χ1n) is 7.38. The first-order valence-corrected chi connectivity index (χ1v) is 7.38. The molecule has 2 fully saturated rings. The van der Waals surface area contributed by atoms with Gasteiger partial charge in [0.2, 0.25) is 0 Å². The van der Waals surface area contributed by atoms with Crippen LogP contribution in [0.3, 0.4) is 0 Å². The van der Waals surface area contributed by atoms with Crippen molar-refractivity contribution >= 4 is 6.09 Å². The molecule has 2 rings (SSSR count). The predicted octanol–water partition coefficient (Wildman–Crippen LogP) is 1.29. The van der Waals surface area contributed by atoms with Crippen molar-refractivity contribution in [1.82, 2.24) is 15.1 Å². The summed E-state index contributed by atoms with van der Waals surface area (Å²) in [4.78, 5) is 16.4. The summed E-state index contributed by atoms with van der Waals surface area (Å²) in [5.74, 6) is 0. The molecule has 2 heterocycles. The molecular formula is C14H27N3O2. The van der Waals surface area contributed by atoms with Gasteiger partial charge in [-0.25, -0.2) is 4.79 Å². The number of nitrogens with one attached hydrogen (secondary N) is 1. The van der Waals surface area contributed by atoms with Gasteiger partial charge in [-0.2, -0.15) is 0 Å². The van der Waals surface area contributed by atoms with Crippen LogP contribution in [0.2, 0.25) is 0 Å². The van der Waals surface area contributed by atoms with Crippen LogP contribution in [0.1, 0.15) is 33.6 Å². The van der Waals surface area contributed by atoms with Crippen molar-refractivity contribution in [3.8, 4) is 0 Å². The number of ether oxygens (including phenoxy) is 1. The highest BCUT2D eigenvalue weighted by Gasteiger charge is 2.32. The van der Waals surface area contributed by atoms with Crippen molar-refractivity contribution in [3.63, 3.8) is 0 Å². The zero-order valence-electron chi connectivity index (χ0n) is 12.4. The van der Waals surface area contributed by atoms with Crippen LogP contribution >= 0.6 is 0 Å². The van der Waals surface area contributed by atoms with E-state index < -0.39 is 5.60 Å². The lowest BCUT2D eigenvalue weighted by Crippen LogP contribution is -2.41. The van der Waals surface area contributed by atoms with Gasteiger partial charge in [0.05, 0.1) is 0 Å². The molecule has 0 spiro atoms. The molecule has 0 saturated carbocycles. The smallest absolute Gasteiger partial charge is 0.410 e. The van der Waals surface area contributed by atoms with Crippen molar-refractivity contribution in [1.29, 1.82) is 0 Å². The number of likely N-dealkylation sites (tertiary alicyclic amines) is 1. The molecule has 1 atom stereocenters. The fraction of sp³-hybridized carbons (Fsp3) is 0.929. The lowest BCUT2D eigenvalue weighted by atomic mass is 10.2. The number of amides is 1. The van der Waals surface area contributed by atoms with Crippen molar-refractivity contribution < 1.29 is 9.53 Å². The van der Waals surface area contributed by atoms with Gasteiger partial charge in [-0.1, -0.05) is 0 Å². The molecule has 0 radical (unpaired) electrons. The minimum Gasteiger partial charge on any atom is -0.444 e. The summed E-state index contributed by atoms with van der Waals surface area (Å²) in [5, 5.41) is 3.42. The average molecular weight is 269 g/mol. The third kappa shape index (κ3) is 4.35. The summed E-state index contributed by atoms with van der Waals surface area (Å²) < 4.78 is 5.44. The lowest BCUT2D eigenvalue weighted by molar-refractivity contribution is 0.0280. The van der Waals surface area contributed by atoms with E-state index in [9.17, 15) is 4.79 Å². The Morgan fingerprint density at radius 3 is 2.74 bits per heavy atom. The third-order valence-electron chi connectivity index (χ3n) is 3.71. The van der Waals surface area contributed by atoms with Gasteiger partial charge in [-0.15, -0.1) is 0 Å². The number of hydrogen-bond donors (Lipinski definition) is 1. The monoisotopic (exact) mass is 269 g/mol. The molecule has 0 aromatic rings. The maximum absolute atomic E-state index is 12.0. The normalized spacial score (nSPS) is 26.3. The second kappa shape index (κ2) is 6.09. The Labute approximate surface area is 116 Å². The highest BCUT2D eigenvalue weighted by molar-refractivity contribution is 5.68. The average Bonchev–Trinajstić information content (AvgIpc) is 2.64. The van der Waals surface area contributed by atoms with Crippen molar-refractivity contribution in [2.24, 2.45) is 0 Å². The van der Waals surface area contributed by atoms with Crippen LogP contribution in [0.25, 0.3) is 0 Å². The number of nitrogens with zero attached hydrogens (tertiary/aromatic N) is 2. The lowest BCUT2D eigenvalue weighted by Gasteiger charge is -2.28. The Bertz CT molecular complexity index is 306. The van der Waals surface area contributed by atoms with Gasteiger partial charge in [0, 0.05) is 32.2 Å². The van der Waals surface area contributed by atoms with Crippen molar-refractivity contribution in [3.05, 3.63) is 0 Å². The van der Waals surface area contributed by atoms with Gasteiger partial charge < -0.3 is 15.0 Å². The molecule has 2 aliphatic heterocycles. The Hall–Kier alpha value is -0.810. The second-order valence-electron chi connectivity index (χ2n) is 6.51. The molecule has 5 nitrogen and oxygen atoms in total. The Balaban J connectivity index is 1.83. The fourth-order valence-electron chi connectivity index (χ4n) is 2.76. The maximum atomic E-state index is 12.0. The second-order valence-corrected chi connectivity index (χ2v) is 6.51. The molecule has 0 aliphatic carbocycles. The zero-order valence-corrected chi connectivity index (χ0v) is 12.4. The molecule has 19 heavy (non-hydrogen) atoms. The highest BCUT2D eigenvalue weighted by atomic mass is 16.6. The van der Waals surface area contributed by atoms with E-state index in [0.717, 1.165) is 45.7 Å². The van der Waals surface area contributed by atoms with Gasteiger partial charge in [0.15, 0.2) is 0 Å². The maximum Gasteiger partial charge on any atom is 0.410 e. The van der Waals surface area contributed by atoms with Crippen molar-refractivity contribution in [2.75, 3.05) is 39.3 Å². The summed E-state index contributed by atoms with van der Waals surface area (Å²) in [5.41, 5.74) is -0.401. The van der Waals surface area contributed by atoms with E-state index in [0.29, 0.717) is 6.04 Å². The van der Waals surface area contributed by atoms with Crippen LogP contribution in [0.5, 0.6) is 0 Å². The van der Waals surface area contributed by atoms with Crippen LogP contribution in [-0.4, -0.2) is 66.8 Å². The number of hydrogen-bond acceptors (Lipinski definition) is 4. The van der Waals surface area contributed by atoms with E-state index in [-0.39, 0.29) is 6.09 Å². The standard InChI is InChI=1S/C14H27N3O2/c1-14(2,3)19-13(18)17-9-5-12(11-17)16-8-4-6-15-7-10-16/h12,15H,4-11H2,1-3H3. The summed E-state index contributed by atoms with van der Waals surface area (Å²) in [7, 11) is 0. The summed E-state index contributed by atoms with van der Waals surface area (Å²) in [6, 6.07) is 0.507. The van der Waals surface area contributed by atoms with E-state index in [1.165, 1.54) is 6.42 Å². The quantitative estimate of drug-likeness (QED) is 0.779. The molecule has 5 heteroatoms. The minimum absolute atomic E-state index is 0.164. The van der Waals surface area contributed by atoms with E-state index in [1.54, 1.807) is 0 Å². The van der Waals surface area contributed by atoms with Crippen molar-refractivity contribution in [2.45, 2.75) is 45.3 Å². The van der Waals surface area contributed by atoms with Crippen LogP contribution in [0.15, 0.2) is 0 Å². The topological polar surface area (TPSA) is 44.8 Å². The molecule has 2 aliphatic rings. The molecule has 1 amide bonds. The van der Waals surface area contributed by atoms with Crippen LogP contribution in [0, 0.1) is 0 Å². The van der Waals surface area contributed by atoms with E-state index in [2.05, 4.69) is 10.2 Å². The highest BCUT2D eigenvalue weighted by Crippen LogP contribution is 2.19. The summed E-state index contributed by atoms with van der Waals surface area (Å²) in [6.45, 7) is 11.8. The predicted molar refractivity (Wildman–Crippen MR) is 75.3 cm³/mol. The van der Waals surface area contributed by atoms with Crippen LogP contribution in [-0.2, 0) is 4.74 Å². The number of carbonyl (C=O) groups excluding carboxylic acids is 1. The molecule has 2 saturated heterocycles. The van der Waals surface area contributed by atoms with E-state index >= 15 is 0 Å². The molecule has 0 aromatic carbocycles. The van der Waals surface area contributed by atoms with Gasteiger partial charge in [-0.05, 0) is 46.7 Å². The van der Waals surface area contributed by atoms with Gasteiger partial charge in [0.25, 0.3) is 0 Å². The van der Waals surface area contributed by atoms with Gasteiger partial charge in [0.1, 0.15) is 5.60 Å². The molecule has 1 N–H and O–H groups in total. The third-order valence-corrected chi connectivity index (χ3v) is 3.71. The largest absolute Gasteiger partial charge is 0.444 e. The molecule has 0 bridgehead atoms. The first kappa shape index (κ1) is 14.6. The molecule has 0 aromatic heterocycles. The Morgan fingerprint density at radius 2 is 2.00 bits per heavy atom. The van der Waals surface area contributed by atoms with E-state index in [1.807, 2.05) is 25.7 Å². The minimum atomic E-state index is -0.401. The van der Waals surface area contributed by atoms with Gasteiger partial charge in [-0.3, -0.25) is 4.90 Å². The summed E-state index contributed by atoms with van der Waals surface area (Å²) >= 11 is 0. The van der Waals surface area contributed by atoms with Gasteiger partial charge >= 0.3 is 6.09 Å². The first-order chi connectivity index (χ1) is 8.96. The number of rotatable bonds is 1. The van der Waals surface area contributed by atoms with Crippen LogP contribution < -0.4 is 5.32 Å². The van der Waals surface area contributed by atoms with E-state index in [4.69, 9.17) is 4.74 Å². The molecule has 1 unspecified atom stereocenters. The molecular weight excluding hydrogens is 242 g/mol. The number of carbonyl (C=O) groups is 1. The Morgan fingerprint density at radius 1 is 1.21 bits per heavy atom. The Kier molecular flexibility index (Phi) is 4.68. The summed E-state index contributed by atoms with van der Waals surface area (Å²) in [6.07, 6.45) is 2.10. The van der Waals surface area contributed by atoms with Crippen LogP contribution in [0.4, 0.5) is 4.79 Å². The molecule has 110 valence electrons.